The van der Waals surface area contributed by atoms with E-state index >= 15 is 0 Å². The number of nitrogens with one attached hydrogen (secondary N) is 1. The van der Waals surface area contributed by atoms with Crippen LogP contribution < -0.4 is 9.62 Å². The van der Waals surface area contributed by atoms with Crippen molar-refractivity contribution in [2.24, 2.45) is 0 Å². The van der Waals surface area contributed by atoms with Gasteiger partial charge in [0, 0.05) is 4.47 Å². The summed E-state index contributed by atoms with van der Waals surface area (Å²) in [5.74, 6) is -0.411. The minimum Gasteiger partial charge on any atom is -0.323 e. The van der Waals surface area contributed by atoms with E-state index in [2.05, 4.69) is 21.2 Å². The van der Waals surface area contributed by atoms with E-state index < -0.39 is 22.0 Å². The van der Waals surface area contributed by atoms with Gasteiger partial charge in [0.25, 0.3) is 0 Å². The van der Waals surface area contributed by atoms with E-state index in [1.807, 2.05) is 6.07 Å². The van der Waals surface area contributed by atoms with E-state index in [1.54, 1.807) is 55.5 Å². The maximum Gasteiger partial charge on any atom is 0.248 e. The Morgan fingerprint density at radius 1 is 1.09 bits per heavy atom. The molecule has 2 rings (SSSR count). The molecule has 0 bridgehead atoms. The van der Waals surface area contributed by atoms with Crippen LogP contribution in [0.2, 0.25) is 0 Å². The fourth-order valence-corrected chi connectivity index (χ4v) is 3.74. The number of halogens is 1. The number of hydrogen-bond acceptors (Lipinski definition) is 3. The first-order valence-electron chi connectivity index (χ1n) is 6.90. The highest BCUT2D eigenvalue weighted by molar-refractivity contribution is 9.10. The number of hydrogen-bond donors (Lipinski definition) is 1. The molecule has 0 radical (unpaired) electrons. The summed E-state index contributed by atoms with van der Waals surface area (Å²) in [4.78, 5) is 12.5. The van der Waals surface area contributed by atoms with Crippen LogP contribution in [0, 0.1) is 0 Å². The minimum absolute atomic E-state index is 0.411. The van der Waals surface area contributed by atoms with Crippen LogP contribution in [0.1, 0.15) is 6.92 Å². The number of para-hydroxylation sites is 2. The van der Waals surface area contributed by atoms with Gasteiger partial charge < -0.3 is 5.32 Å². The third-order valence-electron chi connectivity index (χ3n) is 3.23. The zero-order valence-corrected chi connectivity index (χ0v) is 15.1. The number of carbonyl (C=O) groups is 1. The molecule has 0 fully saturated rings. The van der Waals surface area contributed by atoms with Gasteiger partial charge in [0.05, 0.1) is 17.6 Å². The Morgan fingerprint density at radius 3 is 2.22 bits per heavy atom. The quantitative estimate of drug-likeness (QED) is 0.843. The molecular formula is C16H17BrN2O3S. The van der Waals surface area contributed by atoms with Gasteiger partial charge in [-0.05, 0) is 47.1 Å². The smallest absolute Gasteiger partial charge is 0.248 e. The lowest BCUT2D eigenvalue weighted by molar-refractivity contribution is -0.116. The molecule has 0 unspecified atom stereocenters. The summed E-state index contributed by atoms with van der Waals surface area (Å²) in [7, 11) is -3.60. The average molecular weight is 397 g/mol. The van der Waals surface area contributed by atoms with Crippen molar-refractivity contribution in [3.63, 3.8) is 0 Å². The molecule has 1 N–H and O–H groups in total. The Labute approximate surface area is 144 Å². The summed E-state index contributed by atoms with van der Waals surface area (Å²) in [5.41, 5.74) is 1.04. The Kier molecular flexibility index (Phi) is 5.43. The fraction of sp³-hybridized carbons (Fsp3) is 0.188. The summed E-state index contributed by atoms with van der Waals surface area (Å²) in [5, 5.41) is 2.74. The molecule has 1 amide bonds. The predicted molar refractivity (Wildman–Crippen MR) is 96.0 cm³/mol. The largest absolute Gasteiger partial charge is 0.323 e. The Balaban J connectivity index is 2.29. The molecule has 2 aromatic carbocycles. The Hall–Kier alpha value is -1.86. The lowest BCUT2D eigenvalue weighted by Crippen LogP contribution is -2.45. The molecule has 7 heteroatoms. The first-order chi connectivity index (χ1) is 10.8. The standard InChI is InChI=1S/C16H17BrN2O3S/c1-12(16(20)18-15-11-7-6-10-14(15)17)19(23(2,21)22)13-8-4-3-5-9-13/h3-12H,1-2H3,(H,18,20)/t12-/m0/s1. The van der Waals surface area contributed by atoms with Gasteiger partial charge in [0.15, 0.2) is 0 Å². The second kappa shape index (κ2) is 7.14. The van der Waals surface area contributed by atoms with Crippen molar-refractivity contribution in [3.8, 4) is 0 Å². The lowest BCUT2D eigenvalue weighted by atomic mass is 10.2. The molecule has 0 saturated heterocycles. The molecule has 0 aromatic heterocycles. The zero-order chi connectivity index (χ0) is 17.0. The first kappa shape index (κ1) is 17.5. The maximum absolute atomic E-state index is 12.5. The van der Waals surface area contributed by atoms with Gasteiger partial charge in [-0.25, -0.2) is 8.42 Å². The topological polar surface area (TPSA) is 66.5 Å². The van der Waals surface area contributed by atoms with Crippen molar-refractivity contribution < 1.29 is 13.2 Å². The van der Waals surface area contributed by atoms with Crippen LogP contribution >= 0.6 is 15.9 Å². The molecule has 1 atom stereocenters. The van der Waals surface area contributed by atoms with Gasteiger partial charge >= 0.3 is 0 Å². The summed E-state index contributed by atoms with van der Waals surface area (Å²) in [6.45, 7) is 1.56. The number of rotatable bonds is 5. The van der Waals surface area contributed by atoms with Crippen LogP contribution in [0.15, 0.2) is 59.1 Å². The second-order valence-corrected chi connectivity index (χ2v) is 7.75. The van der Waals surface area contributed by atoms with Gasteiger partial charge in [0.2, 0.25) is 15.9 Å². The summed E-state index contributed by atoms with van der Waals surface area (Å²) >= 11 is 3.35. The average Bonchev–Trinajstić information content (AvgIpc) is 2.49. The molecule has 0 saturated carbocycles. The molecule has 0 aliphatic carbocycles. The second-order valence-electron chi connectivity index (χ2n) is 5.04. The minimum atomic E-state index is -3.60. The summed E-state index contributed by atoms with van der Waals surface area (Å²) < 4.78 is 26.1. The number of nitrogens with zero attached hydrogens (tertiary/aromatic N) is 1. The number of amides is 1. The van der Waals surface area contributed by atoms with Crippen LogP contribution in [0.3, 0.4) is 0 Å². The Morgan fingerprint density at radius 2 is 1.65 bits per heavy atom. The van der Waals surface area contributed by atoms with Crippen LogP contribution in [0.4, 0.5) is 11.4 Å². The molecule has 23 heavy (non-hydrogen) atoms. The summed E-state index contributed by atoms with van der Waals surface area (Å²) in [6.07, 6.45) is 1.09. The third-order valence-corrected chi connectivity index (χ3v) is 5.16. The van der Waals surface area contributed by atoms with Crippen LogP contribution in [-0.4, -0.2) is 26.6 Å². The van der Waals surface area contributed by atoms with E-state index in [0.717, 1.165) is 15.0 Å². The first-order valence-corrected chi connectivity index (χ1v) is 9.54. The molecule has 0 aliphatic rings. The molecule has 5 nitrogen and oxygen atoms in total. The highest BCUT2D eigenvalue weighted by Gasteiger charge is 2.29. The monoisotopic (exact) mass is 396 g/mol. The third kappa shape index (κ3) is 4.33. The van der Waals surface area contributed by atoms with Gasteiger partial charge in [-0.2, -0.15) is 0 Å². The van der Waals surface area contributed by atoms with Crippen molar-refractivity contribution in [1.29, 1.82) is 0 Å². The molecule has 0 heterocycles. The molecule has 122 valence electrons. The van der Waals surface area contributed by atoms with Crippen molar-refractivity contribution in [3.05, 3.63) is 59.1 Å². The van der Waals surface area contributed by atoms with E-state index in [1.165, 1.54) is 0 Å². The van der Waals surface area contributed by atoms with E-state index in [9.17, 15) is 13.2 Å². The summed E-state index contributed by atoms with van der Waals surface area (Å²) in [6, 6.07) is 14.8. The van der Waals surface area contributed by atoms with Gasteiger partial charge in [-0.15, -0.1) is 0 Å². The van der Waals surface area contributed by atoms with Crippen LogP contribution in [0.5, 0.6) is 0 Å². The highest BCUT2D eigenvalue weighted by atomic mass is 79.9. The van der Waals surface area contributed by atoms with E-state index in [0.29, 0.717) is 11.4 Å². The van der Waals surface area contributed by atoms with Crippen molar-refractivity contribution in [1.82, 2.24) is 0 Å². The SMILES string of the molecule is C[C@@H](C(=O)Nc1ccccc1Br)N(c1ccccc1)S(C)(=O)=O. The van der Waals surface area contributed by atoms with Gasteiger partial charge in [0.1, 0.15) is 6.04 Å². The number of carbonyl (C=O) groups excluding carboxylic acids is 1. The molecule has 0 spiro atoms. The normalized spacial score (nSPS) is 12.5. The van der Waals surface area contributed by atoms with Crippen molar-refractivity contribution in [2.75, 3.05) is 15.9 Å². The Bertz CT molecular complexity index is 794. The number of sulfonamides is 1. The van der Waals surface area contributed by atoms with Crippen molar-refractivity contribution >= 4 is 43.2 Å². The number of benzene rings is 2. The van der Waals surface area contributed by atoms with Crippen molar-refractivity contribution in [2.45, 2.75) is 13.0 Å². The van der Waals surface area contributed by atoms with Crippen LogP contribution in [0.25, 0.3) is 0 Å². The van der Waals surface area contributed by atoms with E-state index in [4.69, 9.17) is 0 Å². The lowest BCUT2D eigenvalue weighted by Gasteiger charge is -2.28. The predicted octanol–water partition coefficient (Wildman–Crippen LogP) is 3.24. The van der Waals surface area contributed by atoms with Crippen LogP contribution in [-0.2, 0) is 14.8 Å². The molecular weight excluding hydrogens is 380 g/mol. The number of anilines is 2. The highest BCUT2D eigenvalue weighted by Crippen LogP contribution is 2.24. The molecule has 2 aromatic rings. The fourth-order valence-electron chi connectivity index (χ4n) is 2.18. The molecule has 0 aliphatic heterocycles. The van der Waals surface area contributed by atoms with Gasteiger partial charge in [-0.1, -0.05) is 30.3 Å². The van der Waals surface area contributed by atoms with Gasteiger partial charge in [-0.3, -0.25) is 9.10 Å². The maximum atomic E-state index is 12.5. The zero-order valence-electron chi connectivity index (χ0n) is 12.7. The van der Waals surface area contributed by atoms with E-state index in [-0.39, 0.29) is 0 Å².